The number of ether oxygens (including phenoxy) is 1. The van der Waals surface area contributed by atoms with E-state index >= 15 is 0 Å². The minimum Gasteiger partial charge on any atom is -0.467 e. The van der Waals surface area contributed by atoms with Crippen LogP contribution in [0.25, 0.3) is 0 Å². The number of carbonyl (C=O) groups excluding carboxylic acids is 3. The number of nitrogens with zero attached hydrogens (tertiary/aromatic N) is 2. The van der Waals surface area contributed by atoms with Crippen molar-refractivity contribution in [2.24, 2.45) is 0 Å². The Labute approximate surface area is 169 Å². The van der Waals surface area contributed by atoms with E-state index in [-0.39, 0.29) is 30.7 Å². The number of β-amino-alcohol motifs (C(OH)–C–C–N with tert-alkyl or cyclic N) is 1. The van der Waals surface area contributed by atoms with Crippen LogP contribution in [0.2, 0.25) is 0 Å². The lowest BCUT2D eigenvalue weighted by atomic mass is 9.99. The first-order valence-electron chi connectivity index (χ1n) is 10.2. The van der Waals surface area contributed by atoms with Crippen LogP contribution in [-0.4, -0.2) is 70.6 Å². The van der Waals surface area contributed by atoms with Crippen LogP contribution >= 0.6 is 0 Å². The summed E-state index contributed by atoms with van der Waals surface area (Å²) in [7, 11) is 0. The molecule has 2 N–H and O–H groups in total. The maximum absolute atomic E-state index is 12.6. The van der Waals surface area contributed by atoms with E-state index < -0.39 is 11.8 Å². The van der Waals surface area contributed by atoms with Gasteiger partial charge in [0.2, 0.25) is 11.8 Å². The molecule has 2 saturated heterocycles. The monoisotopic (exact) mass is 401 g/mol. The van der Waals surface area contributed by atoms with E-state index in [9.17, 15) is 19.5 Å². The molecule has 0 aliphatic carbocycles. The molecule has 2 fully saturated rings. The molecule has 3 amide bonds. The number of aliphatic hydroxyl groups is 1. The van der Waals surface area contributed by atoms with Gasteiger partial charge in [0.1, 0.15) is 5.75 Å². The standard InChI is InChI=1S/C21H27N3O5/c1-14-4-5-17-16(11-14)20(28)22-21(29-17)7-6-18(26)24(10-8-21)13-19(27)23-9-2-3-15(25)12-23/h4-5,11,15,25H,2-3,6-10,12-13H2,1H3,(H,22,28)/t15-,21-/m0/s1. The smallest absolute Gasteiger partial charge is 0.258 e. The van der Waals surface area contributed by atoms with Crippen LogP contribution < -0.4 is 10.1 Å². The Hall–Kier alpha value is -2.61. The van der Waals surface area contributed by atoms with Crippen LogP contribution in [0.1, 0.15) is 48.0 Å². The van der Waals surface area contributed by atoms with Gasteiger partial charge in [-0.05, 0) is 31.9 Å². The molecule has 0 radical (unpaired) electrons. The third-order valence-corrected chi connectivity index (χ3v) is 5.98. The molecule has 2 atom stereocenters. The van der Waals surface area contributed by atoms with Gasteiger partial charge in [0.25, 0.3) is 5.91 Å². The van der Waals surface area contributed by atoms with Gasteiger partial charge in [0, 0.05) is 38.9 Å². The van der Waals surface area contributed by atoms with E-state index in [0.717, 1.165) is 12.0 Å². The number of carbonyl (C=O) groups is 3. The van der Waals surface area contributed by atoms with Crippen molar-refractivity contribution < 1.29 is 24.2 Å². The summed E-state index contributed by atoms with van der Waals surface area (Å²) < 4.78 is 6.16. The zero-order chi connectivity index (χ0) is 20.6. The predicted octanol–water partition coefficient (Wildman–Crippen LogP) is 0.809. The fraction of sp³-hybridized carbons (Fsp3) is 0.571. The molecule has 8 heteroatoms. The van der Waals surface area contributed by atoms with Gasteiger partial charge in [-0.25, -0.2) is 0 Å². The Morgan fingerprint density at radius 1 is 1.31 bits per heavy atom. The minimum atomic E-state index is -0.936. The number of benzene rings is 1. The molecule has 156 valence electrons. The minimum absolute atomic E-state index is 0.00857. The van der Waals surface area contributed by atoms with Crippen LogP contribution in [0, 0.1) is 6.92 Å². The summed E-state index contributed by atoms with van der Waals surface area (Å²) in [5.74, 6) is 0.0515. The van der Waals surface area contributed by atoms with E-state index in [1.54, 1.807) is 17.0 Å². The summed E-state index contributed by atoms with van der Waals surface area (Å²) in [5, 5.41) is 12.7. The molecule has 3 aliphatic heterocycles. The number of aliphatic hydroxyl groups excluding tert-OH is 1. The van der Waals surface area contributed by atoms with Gasteiger partial charge in [-0.15, -0.1) is 0 Å². The summed E-state index contributed by atoms with van der Waals surface area (Å²) in [4.78, 5) is 41.0. The van der Waals surface area contributed by atoms with Crippen molar-refractivity contribution in [3.8, 4) is 5.75 Å². The highest BCUT2D eigenvalue weighted by Crippen LogP contribution is 2.34. The van der Waals surface area contributed by atoms with Crippen LogP contribution in [-0.2, 0) is 9.59 Å². The third kappa shape index (κ3) is 4.07. The zero-order valence-corrected chi connectivity index (χ0v) is 16.6. The van der Waals surface area contributed by atoms with Crippen LogP contribution in [0.4, 0.5) is 0 Å². The van der Waals surface area contributed by atoms with Crippen LogP contribution in [0.15, 0.2) is 18.2 Å². The molecule has 1 spiro atoms. The van der Waals surface area contributed by atoms with E-state index in [0.29, 0.717) is 50.2 Å². The first kappa shape index (κ1) is 19.7. The fourth-order valence-corrected chi connectivity index (χ4v) is 4.29. The summed E-state index contributed by atoms with van der Waals surface area (Å²) in [6.45, 7) is 3.16. The van der Waals surface area contributed by atoms with Gasteiger partial charge in [-0.1, -0.05) is 11.6 Å². The highest BCUT2D eigenvalue weighted by atomic mass is 16.5. The lowest BCUT2D eigenvalue weighted by Gasteiger charge is -2.38. The second-order valence-electron chi connectivity index (χ2n) is 8.25. The summed E-state index contributed by atoms with van der Waals surface area (Å²) >= 11 is 0. The number of rotatable bonds is 2. The Morgan fingerprint density at radius 3 is 2.93 bits per heavy atom. The fourth-order valence-electron chi connectivity index (χ4n) is 4.29. The second-order valence-corrected chi connectivity index (χ2v) is 8.25. The Kier molecular flexibility index (Phi) is 5.21. The van der Waals surface area contributed by atoms with Gasteiger partial charge in [0.05, 0.1) is 18.2 Å². The molecule has 0 saturated carbocycles. The van der Waals surface area contributed by atoms with E-state index in [2.05, 4.69) is 5.32 Å². The lowest BCUT2D eigenvalue weighted by Crippen LogP contribution is -2.56. The molecule has 29 heavy (non-hydrogen) atoms. The summed E-state index contributed by atoms with van der Waals surface area (Å²) in [6.07, 6.45) is 1.93. The molecule has 0 unspecified atom stereocenters. The normalized spacial score (nSPS) is 27.2. The van der Waals surface area contributed by atoms with Gasteiger partial charge in [-0.3, -0.25) is 14.4 Å². The van der Waals surface area contributed by atoms with Crippen molar-refractivity contribution >= 4 is 17.7 Å². The lowest BCUT2D eigenvalue weighted by molar-refractivity contribution is -0.141. The summed E-state index contributed by atoms with van der Waals surface area (Å²) in [5.41, 5.74) is 0.539. The maximum Gasteiger partial charge on any atom is 0.258 e. The maximum atomic E-state index is 12.6. The van der Waals surface area contributed by atoms with Crippen molar-refractivity contribution in [1.29, 1.82) is 0 Å². The Bertz CT molecular complexity index is 842. The van der Waals surface area contributed by atoms with Crippen molar-refractivity contribution in [2.45, 2.75) is 50.9 Å². The van der Waals surface area contributed by atoms with Crippen molar-refractivity contribution in [3.05, 3.63) is 29.3 Å². The molecule has 4 rings (SSSR count). The number of fused-ring (bicyclic) bond motifs is 1. The number of nitrogens with one attached hydrogen (secondary N) is 1. The molecule has 0 aromatic heterocycles. The first-order chi connectivity index (χ1) is 13.8. The van der Waals surface area contributed by atoms with Gasteiger partial charge >= 0.3 is 0 Å². The number of hydrogen-bond donors (Lipinski definition) is 2. The zero-order valence-electron chi connectivity index (χ0n) is 16.6. The van der Waals surface area contributed by atoms with Gasteiger partial charge in [-0.2, -0.15) is 0 Å². The molecule has 0 bridgehead atoms. The molecule has 1 aromatic rings. The second kappa shape index (κ2) is 7.67. The predicted molar refractivity (Wildman–Crippen MR) is 104 cm³/mol. The van der Waals surface area contributed by atoms with Crippen molar-refractivity contribution in [2.75, 3.05) is 26.2 Å². The van der Waals surface area contributed by atoms with Crippen LogP contribution in [0.3, 0.4) is 0 Å². The number of amides is 3. The van der Waals surface area contributed by atoms with Crippen molar-refractivity contribution in [1.82, 2.24) is 15.1 Å². The topological polar surface area (TPSA) is 99.2 Å². The molecule has 3 heterocycles. The highest BCUT2D eigenvalue weighted by molar-refractivity contribution is 5.98. The number of likely N-dealkylation sites (tertiary alicyclic amines) is 2. The van der Waals surface area contributed by atoms with E-state index in [4.69, 9.17) is 4.74 Å². The molecular formula is C21H27N3O5. The van der Waals surface area contributed by atoms with E-state index in [1.165, 1.54) is 4.90 Å². The van der Waals surface area contributed by atoms with Gasteiger partial charge < -0.3 is 25.0 Å². The molecule has 1 aromatic carbocycles. The molecule has 3 aliphatic rings. The average Bonchev–Trinajstić information content (AvgIpc) is 2.83. The molecule has 8 nitrogen and oxygen atoms in total. The largest absolute Gasteiger partial charge is 0.467 e. The SMILES string of the molecule is Cc1ccc2c(c1)C(=O)N[C@@]1(CCC(=O)N(CC(=O)N3CCC[C@H](O)C3)CC1)O2. The average molecular weight is 401 g/mol. The van der Waals surface area contributed by atoms with Gasteiger partial charge in [0.15, 0.2) is 5.72 Å². The Balaban J connectivity index is 1.44. The molecular weight excluding hydrogens is 374 g/mol. The number of aryl methyl sites for hydroxylation is 1. The third-order valence-electron chi connectivity index (χ3n) is 5.98. The van der Waals surface area contributed by atoms with Crippen molar-refractivity contribution in [3.63, 3.8) is 0 Å². The highest BCUT2D eigenvalue weighted by Gasteiger charge is 2.43. The summed E-state index contributed by atoms with van der Waals surface area (Å²) in [6, 6.07) is 5.48. The van der Waals surface area contributed by atoms with E-state index in [1.807, 2.05) is 13.0 Å². The quantitative estimate of drug-likeness (QED) is 0.764. The number of piperidine rings is 1. The number of hydrogen-bond acceptors (Lipinski definition) is 5. The Morgan fingerprint density at radius 2 is 2.14 bits per heavy atom. The van der Waals surface area contributed by atoms with Crippen LogP contribution in [0.5, 0.6) is 5.75 Å². The first-order valence-corrected chi connectivity index (χ1v) is 10.2.